The van der Waals surface area contributed by atoms with E-state index < -0.39 is 30.6 Å². The fraction of sp³-hybridized carbons (Fsp3) is 0.400. The van der Waals surface area contributed by atoms with Crippen LogP contribution in [-0.4, -0.2) is 103 Å². The van der Waals surface area contributed by atoms with E-state index in [1.54, 1.807) is 0 Å². The van der Waals surface area contributed by atoms with E-state index in [4.69, 9.17) is 10.2 Å². The van der Waals surface area contributed by atoms with E-state index in [0.717, 1.165) is 0 Å². The summed E-state index contributed by atoms with van der Waals surface area (Å²) in [5.74, 6) is -3.82. The zero-order valence-corrected chi connectivity index (χ0v) is 10.9. The molecule has 0 rings (SSSR count). The molecule has 0 heterocycles. The quantitative estimate of drug-likeness (QED) is 0.487. The molecule has 0 fully saturated rings. The van der Waals surface area contributed by atoms with Crippen molar-refractivity contribution in [1.82, 2.24) is 0 Å². The van der Waals surface area contributed by atoms with Gasteiger partial charge in [0.2, 0.25) is 5.78 Å². The summed E-state index contributed by atoms with van der Waals surface area (Å²) in [6, 6.07) is 0. The molecule has 7 heteroatoms. The molecule has 64 valence electrons. The first-order valence-electron chi connectivity index (χ1n) is 2.52. The number of carbonyl (C=O) groups excluding carboxylic acids is 1. The number of hydrogen-bond donors (Lipinski definition) is 2. The van der Waals surface area contributed by atoms with Gasteiger partial charge in [-0.3, -0.25) is 9.59 Å². The van der Waals surface area contributed by atoms with Gasteiger partial charge in [0.15, 0.2) is 0 Å². The number of hydrogen-bond acceptors (Lipinski definition) is 3. The average Bonchev–Trinajstić information content (AvgIpc) is 1.82. The fourth-order valence-electron chi connectivity index (χ4n) is 0.327. The van der Waals surface area contributed by atoms with Gasteiger partial charge in [0.05, 0.1) is 6.42 Å². The first kappa shape index (κ1) is 18.8. The molecule has 0 atom stereocenters. The van der Waals surface area contributed by atoms with E-state index in [0.29, 0.717) is 0 Å². The zero-order valence-electron chi connectivity index (χ0n) is 10.4. The van der Waals surface area contributed by atoms with Crippen LogP contribution in [-0.2, 0) is 14.4 Å². The van der Waals surface area contributed by atoms with Gasteiger partial charge in [-0.15, -0.1) is 0 Å². The molecule has 0 saturated carbocycles. The topological polar surface area (TPSA) is 91.7 Å². The molecule has 0 aromatic carbocycles. The van der Waals surface area contributed by atoms with Crippen molar-refractivity contribution >= 4 is 93.2 Å². The Labute approximate surface area is 134 Å². The summed E-state index contributed by atoms with van der Waals surface area (Å²) >= 11 is 0. The van der Waals surface area contributed by atoms with Crippen LogP contribution in [0.3, 0.4) is 0 Å². The third-order valence-corrected chi connectivity index (χ3v) is 0.804. The Hall–Kier alpha value is 1.13. The second kappa shape index (κ2) is 10.2. The molecular weight excluding hydrogens is 220 g/mol. The van der Waals surface area contributed by atoms with Crippen LogP contribution in [0.25, 0.3) is 0 Å². The number of carboxylic acids is 2. The number of Topliss-reactive ketones (excluding diaryl/α,β-unsaturated/α-hetero) is 1. The van der Waals surface area contributed by atoms with Crippen LogP contribution < -0.4 is 0 Å². The smallest absolute Gasteiger partial charge is 1.00 e. The summed E-state index contributed by atoms with van der Waals surface area (Å²) in [6.07, 6.45) is -0.865. The van der Waals surface area contributed by atoms with Crippen LogP contribution in [0.1, 0.15) is 18.5 Å². The zero-order chi connectivity index (χ0) is 8.15. The number of carboxylic acid groups (broad SMARTS) is 2. The Balaban J connectivity index is -0.0000000270. The molecule has 0 aliphatic carbocycles. The predicted molar refractivity (Wildman–Crippen MR) is 45.5 cm³/mol. The van der Waals surface area contributed by atoms with Gasteiger partial charge in [0.1, 0.15) is 0 Å². The minimum atomic E-state index is -1.58. The van der Waals surface area contributed by atoms with Crippen molar-refractivity contribution in [2.75, 3.05) is 0 Å². The Morgan fingerprint density at radius 2 is 1.42 bits per heavy atom. The SMILES string of the molecule is O=C(O)CCC(=O)C(=O)O.[Ca+2].[Ca+2].[H-].[H-].[H-].[H-]. The molecule has 12 heavy (non-hydrogen) atoms. The number of ketones is 1. The van der Waals surface area contributed by atoms with E-state index in [1.807, 2.05) is 0 Å². The van der Waals surface area contributed by atoms with E-state index in [-0.39, 0.29) is 81.2 Å². The van der Waals surface area contributed by atoms with Crippen LogP contribution in [0.15, 0.2) is 0 Å². The average molecular weight is 230 g/mol. The van der Waals surface area contributed by atoms with Crippen LogP contribution in [0.2, 0.25) is 0 Å². The second-order valence-corrected chi connectivity index (χ2v) is 1.62. The monoisotopic (exact) mass is 230 g/mol. The summed E-state index contributed by atoms with van der Waals surface area (Å²) in [7, 11) is 0. The summed E-state index contributed by atoms with van der Waals surface area (Å²) in [4.78, 5) is 29.7. The second-order valence-electron chi connectivity index (χ2n) is 1.62. The molecule has 5 nitrogen and oxygen atoms in total. The maximum atomic E-state index is 10.2. The van der Waals surface area contributed by atoms with Gasteiger partial charge >= 0.3 is 87.4 Å². The molecule has 0 saturated heterocycles. The fourth-order valence-corrected chi connectivity index (χ4v) is 0.327. The van der Waals surface area contributed by atoms with Crippen LogP contribution in [0.5, 0.6) is 0 Å². The molecule has 0 radical (unpaired) electrons. The Bertz CT molecular complexity index is 192. The molecule has 0 unspecified atom stereocenters. The molecule has 0 spiro atoms. The minimum absolute atomic E-state index is 0. The van der Waals surface area contributed by atoms with E-state index in [1.165, 1.54) is 0 Å². The van der Waals surface area contributed by atoms with Crippen molar-refractivity contribution in [3.8, 4) is 0 Å². The predicted octanol–water partition coefficient (Wildman–Crippen LogP) is -0.807. The summed E-state index contributed by atoms with van der Waals surface area (Å²) in [5, 5.41) is 16.0. The summed E-state index contributed by atoms with van der Waals surface area (Å²) in [6.45, 7) is 0. The molecule has 0 aliphatic rings. The van der Waals surface area contributed by atoms with Crippen LogP contribution in [0.4, 0.5) is 0 Å². The van der Waals surface area contributed by atoms with Crippen molar-refractivity contribution in [2.45, 2.75) is 12.8 Å². The van der Waals surface area contributed by atoms with Crippen molar-refractivity contribution in [3.63, 3.8) is 0 Å². The van der Waals surface area contributed by atoms with Gasteiger partial charge in [-0.25, -0.2) is 4.79 Å². The van der Waals surface area contributed by atoms with Gasteiger partial charge in [-0.2, -0.15) is 0 Å². The van der Waals surface area contributed by atoms with Gasteiger partial charge in [-0.1, -0.05) is 0 Å². The van der Waals surface area contributed by atoms with Crippen molar-refractivity contribution in [3.05, 3.63) is 0 Å². The van der Waals surface area contributed by atoms with E-state index in [9.17, 15) is 14.4 Å². The molecule has 0 bridgehead atoms. The van der Waals surface area contributed by atoms with Crippen LogP contribution in [0, 0.1) is 0 Å². The van der Waals surface area contributed by atoms with Gasteiger partial charge in [0, 0.05) is 6.42 Å². The molecule has 0 amide bonds. The largest absolute Gasteiger partial charge is 2.00 e. The maximum Gasteiger partial charge on any atom is 2.00 e. The molecular formula is C5H10Ca2O5. The van der Waals surface area contributed by atoms with E-state index in [2.05, 4.69) is 0 Å². The van der Waals surface area contributed by atoms with Crippen molar-refractivity contribution in [2.24, 2.45) is 0 Å². The number of aliphatic carboxylic acids is 2. The van der Waals surface area contributed by atoms with Crippen LogP contribution >= 0.6 is 0 Å². The van der Waals surface area contributed by atoms with E-state index >= 15 is 0 Å². The molecule has 0 aliphatic heterocycles. The maximum absolute atomic E-state index is 10.2. The molecule has 0 aromatic heterocycles. The minimum Gasteiger partial charge on any atom is -1.00 e. The third-order valence-electron chi connectivity index (χ3n) is 0.804. The Morgan fingerprint density at radius 3 is 1.67 bits per heavy atom. The van der Waals surface area contributed by atoms with Crippen molar-refractivity contribution < 1.29 is 30.3 Å². The standard InChI is InChI=1S/C5H6O5.2Ca.4H/c6-3(5(9)10)1-2-4(7)8;;;;;;/h1-2H2,(H,7,8)(H,9,10);;;;;;/q;2*+2;4*-1. The normalized spacial score (nSPS) is 7.33. The Kier molecular flexibility index (Phi) is 16.0. The number of carbonyl (C=O) groups is 3. The first-order valence-corrected chi connectivity index (χ1v) is 2.52. The first-order chi connectivity index (χ1) is 4.54. The third kappa shape index (κ3) is 11.1. The van der Waals surface area contributed by atoms with Gasteiger partial charge < -0.3 is 15.9 Å². The summed E-state index contributed by atoms with van der Waals surface area (Å²) in [5.41, 5.74) is 0. The van der Waals surface area contributed by atoms with Crippen molar-refractivity contribution in [1.29, 1.82) is 0 Å². The van der Waals surface area contributed by atoms with Gasteiger partial charge in [0.25, 0.3) is 0 Å². The number of rotatable bonds is 4. The summed E-state index contributed by atoms with van der Waals surface area (Å²) < 4.78 is 0. The van der Waals surface area contributed by atoms with Gasteiger partial charge in [-0.05, 0) is 0 Å². The molecule has 0 aromatic rings. The molecule has 2 N–H and O–H groups in total. The Morgan fingerprint density at radius 1 is 1.00 bits per heavy atom.